The third-order valence-corrected chi connectivity index (χ3v) is 5.44. The smallest absolute Gasteiger partial charge is 0.357 e. The van der Waals surface area contributed by atoms with Crippen molar-refractivity contribution in [1.29, 1.82) is 0 Å². The normalized spacial score (nSPS) is 12.1. The van der Waals surface area contributed by atoms with Crippen LogP contribution in [0.3, 0.4) is 0 Å². The summed E-state index contributed by atoms with van der Waals surface area (Å²) in [6.07, 6.45) is -1.14. The Balaban J connectivity index is 1.70. The molecule has 1 aromatic heterocycles. The number of amides is 1. The lowest BCUT2D eigenvalue weighted by atomic mass is 10.2. The Bertz CT molecular complexity index is 1270. The van der Waals surface area contributed by atoms with Crippen LogP contribution in [0, 0.1) is 0 Å². The summed E-state index contributed by atoms with van der Waals surface area (Å²) >= 11 is 0. The molecule has 168 valence electrons. The number of methoxy groups -OCH3 is 2. The van der Waals surface area contributed by atoms with Gasteiger partial charge in [0, 0.05) is 17.1 Å². The van der Waals surface area contributed by atoms with E-state index in [9.17, 15) is 18.0 Å². The van der Waals surface area contributed by atoms with Crippen LogP contribution < -0.4 is 19.9 Å². The number of nitrogens with zero attached hydrogens (tertiary/aromatic N) is 1. The van der Waals surface area contributed by atoms with E-state index >= 15 is 0 Å². The second-order valence-corrected chi connectivity index (χ2v) is 8.26. The van der Waals surface area contributed by atoms with E-state index < -0.39 is 28.0 Å². The fourth-order valence-corrected chi connectivity index (χ4v) is 3.33. The quantitative estimate of drug-likeness (QED) is 0.511. The molecule has 1 unspecified atom stereocenters. The number of esters is 1. The predicted octanol–water partition coefficient (Wildman–Crippen LogP) is 2.08. The zero-order valence-corrected chi connectivity index (χ0v) is 18.3. The Kier molecular flexibility index (Phi) is 6.61. The average molecular weight is 459 g/mol. The van der Waals surface area contributed by atoms with Crippen LogP contribution >= 0.6 is 0 Å². The van der Waals surface area contributed by atoms with Gasteiger partial charge >= 0.3 is 5.97 Å². The van der Waals surface area contributed by atoms with Gasteiger partial charge in [-0.3, -0.25) is 4.79 Å². The standard InChI is InChI=1S/C21H21N3O7S/c1-12(20(25)23-14-5-7-15(8-6-14)32(22,27)28)31-21(26)16-9-4-13-10-18(29-2)19(30-3)11-17(13)24-16/h4-12H,1-3H3,(H,23,25)(H2,22,27,28). The van der Waals surface area contributed by atoms with E-state index in [4.69, 9.17) is 19.3 Å². The highest BCUT2D eigenvalue weighted by Crippen LogP contribution is 2.31. The Morgan fingerprint density at radius 2 is 1.62 bits per heavy atom. The third-order valence-electron chi connectivity index (χ3n) is 4.51. The van der Waals surface area contributed by atoms with Crippen molar-refractivity contribution in [2.75, 3.05) is 19.5 Å². The molecule has 3 rings (SSSR count). The van der Waals surface area contributed by atoms with Crippen molar-refractivity contribution in [3.63, 3.8) is 0 Å². The first-order valence-electron chi connectivity index (χ1n) is 9.30. The molecule has 0 aliphatic carbocycles. The number of hydrogen-bond acceptors (Lipinski definition) is 8. The molecule has 0 radical (unpaired) electrons. The Morgan fingerprint density at radius 3 is 2.22 bits per heavy atom. The molecule has 3 aromatic rings. The molecule has 1 amide bonds. The number of pyridine rings is 1. The minimum absolute atomic E-state index is 0.0156. The van der Waals surface area contributed by atoms with Crippen molar-refractivity contribution >= 4 is 38.5 Å². The highest BCUT2D eigenvalue weighted by atomic mass is 32.2. The van der Waals surface area contributed by atoms with Crippen LogP contribution in [0.2, 0.25) is 0 Å². The predicted molar refractivity (Wildman–Crippen MR) is 116 cm³/mol. The largest absolute Gasteiger partial charge is 0.493 e. The molecule has 2 aromatic carbocycles. The van der Waals surface area contributed by atoms with Crippen molar-refractivity contribution < 1.29 is 32.2 Å². The molecule has 1 heterocycles. The van der Waals surface area contributed by atoms with E-state index in [1.165, 1.54) is 51.5 Å². The van der Waals surface area contributed by atoms with E-state index in [1.54, 1.807) is 18.2 Å². The third kappa shape index (κ3) is 5.13. The highest BCUT2D eigenvalue weighted by molar-refractivity contribution is 7.89. The number of rotatable bonds is 7. The van der Waals surface area contributed by atoms with Gasteiger partial charge in [0.1, 0.15) is 5.69 Å². The molecule has 32 heavy (non-hydrogen) atoms. The lowest BCUT2D eigenvalue weighted by Crippen LogP contribution is -2.30. The summed E-state index contributed by atoms with van der Waals surface area (Å²) < 4.78 is 38.3. The average Bonchev–Trinajstić information content (AvgIpc) is 2.77. The SMILES string of the molecule is COc1cc2ccc(C(=O)OC(C)C(=O)Nc3ccc(S(N)(=O)=O)cc3)nc2cc1OC. The Labute approximate surface area is 184 Å². The zero-order valence-electron chi connectivity index (χ0n) is 17.5. The van der Waals surface area contributed by atoms with E-state index in [2.05, 4.69) is 10.3 Å². The number of primary sulfonamides is 1. The van der Waals surface area contributed by atoms with Gasteiger partial charge < -0.3 is 19.5 Å². The van der Waals surface area contributed by atoms with Gasteiger partial charge in [0.05, 0.1) is 24.6 Å². The van der Waals surface area contributed by atoms with Gasteiger partial charge in [0.25, 0.3) is 5.91 Å². The first-order valence-corrected chi connectivity index (χ1v) is 10.8. The number of ether oxygens (including phenoxy) is 3. The molecule has 3 N–H and O–H groups in total. The zero-order chi connectivity index (χ0) is 23.5. The molecule has 0 aliphatic rings. The molecule has 10 nitrogen and oxygen atoms in total. The number of nitrogens with two attached hydrogens (primary N) is 1. The molecule has 0 spiro atoms. The number of benzene rings is 2. The molecule has 0 saturated heterocycles. The fourth-order valence-electron chi connectivity index (χ4n) is 2.81. The first-order chi connectivity index (χ1) is 15.1. The number of carbonyl (C=O) groups excluding carboxylic acids is 2. The minimum atomic E-state index is -3.84. The molecule has 1 atom stereocenters. The van der Waals surface area contributed by atoms with Gasteiger partial charge in [-0.05, 0) is 43.3 Å². The van der Waals surface area contributed by atoms with E-state index in [-0.39, 0.29) is 10.6 Å². The van der Waals surface area contributed by atoms with Gasteiger partial charge in [0.15, 0.2) is 17.6 Å². The van der Waals surface area contributed by atoms with Crippen LogP contribution in [0.4, 0.5) is 5.69 Å². The number of nitrogens with one attached hydrogen (secondary N) is 1. The first kappa shape index (κ1) is 23.0. The number of sulfonamides is 1. The van der Waals surface area contributed by atoms with Gasteiger partial charge in [-0.2, -0.15) is 0 Å². The number of anilines is 1. The van der Waals surface area contributed by atoms with Crippen molar-refractivity contribution in [1.82, 2.24) is 4.98 Å². The van der Waals surface area contributed by atoms with Crippen LogP contribution in [0.5, 0.6) is 11.5 Å². The lowest BCUT2D eigenvalue weighted by Gasteiger charge is -2.14. The van der Waals surface area contributed by atoms with E-state index in [1.807, 2.05) is 0 Å². The van der Waals surface area contributed by atoms with Gasteiger partial charge in [-0.15, -0.1) is 0 Å². The van der Waals surface area contributed by atoms with Crippen LogP contribution in [-0.2, 0) is 19.6 Å². The van der Waals surface area contributed by atoms with E-state index in [0.29, 0.717) is 22.7 Å². The highest BCUT2D eigenvalue weighted by Gasteiger charge is 2.21. The van der Waals surface area contributed by atoms with Crippen molar-refractivity contribution in [3.8, 4) is 11.5 Å². The summed E-state index contributed by atoms with van der Waals surface area (Å²) in [6, 6.07) is 11.8. The maximum absolute atomic E-state index is 12.5. The molecular weight excluding hydrogens is 438 g/mol. The summed E-state index contributed by atoms with van der Waals surface area (Å²) in [5.74, 6) is -0.401. The number of carbonyl (C=O) groups is 2. The molecule has 11 heteroatoms. The number of fused-ring (bicyclic) bond motifs is 1. The monoisotopic (exact) mass is 459 g/mol. The molecule has 0 saturated carbocycles. The maximum Gasteiger partial charge on any atom is 0.357 e. The molecule has 0 aliphatic heterocycles. The fraction of sp³-hybridized carbons (Fsp3) is 0.190. The summed E-state index contributed by atoms with van der Waals surface area (Å²) in [5, 5.41) is 8.30. The van der Waals surface area contributed by atoms with E-state index in [0.717, 1.165) is 5.39 Å². The summed E-state index contributed by atoms with van der Waals surface area (Å²) in [7, 11) is -0.831. The second kappa shape index (κ2) is 9.20. The van der Waals surface area contributed by atoms with Crippen LogP contribution in [-0.4, -0.2) is 45.6 Å². The summed E-state index contributed by atoms with van der Waals surface area (Å²) in [4.78, 5) is 29.0. The van der Waals surface area contributed by atoms with Gasteiger partial charge in [-0.25, -0.2) is 23.3 Å². The van der Waals surface area contributed by atoms with Crippen LogP contribution in [0.1, 0.15) is 17.4 Å². The molecule has 0 bridgehead atoms. The second-order valence-electron chi connectivity index (χ2n) is 6.70. The van der Waals surface area contributed by atoms with Gasteiger partial charge in [-0.1, -0.05) is 6.07 Å². The minimum Gasteiger partial charge on any atom is -0.493 e. The lowest BCUT2D eigenvalue weighted by molar-refractivity contribution is -0.123. The van der Waals surface area contributed by atoms with Crippen molar-refractivity contribution in [3.05, 3.63) is 54.2 Å². The topological polar surface area (TPSA) is 147 Å². The molecule has 0 fully saturated rings. The van der Waals surface area contributed by atoms with Crippen molar-refractivity contribution in [2.45, 2.75) is 17.9 Å². The number of aromatic nitrogens is 1. The summed E-state index contributed by atoms with van der Waals surface area (Å²) in [6.45, 7) is 1.40. The Morgan fingerprint density at radius 1 is 1.00 bits per heavy atom. The van der Waals surface area contributed by atoms with Crippen LogP contribution in [0.25, 0.3) is 10.9 Å². The van der Waals surface area contributed by atoms with Gasteiger partial charge in [0.2, 0.25) is 10.0 Å². The van der Waals surface area contributed by atoms with Crippen molar-refractivity contribution in [2.24, 2.45) is 5.14 Å². The maximum atomic E-state index is 12.5. The number of hydrogen-bond donors (Lipinski definition) is 2. The Hall–Kier alpha value is -3.70. The summed E-state index contributed by atoms with van der Waals surface area (Å²) in [5.41, 5.74) is 0.821. The molecular formula is C21H21N3O7S. The van der Waals surface area contributed by atoms with Crippen LogP contribution in [0.15, 0.2) is 53.4 Å².